The van der Waals surface area contributed by atoms with Gasteiger partial charge in [0.05, 0.1) is 0 Å². The average Bonchev–Trinajstić information content (AvgIpc) is 2.98. The first-order valence-corrected chi connectivity index (χ1v) is 9.87. The summed E-state index contributed by atoms with van der Waals surface area (Å²) in [5, 5.41) is 1.76. The van der Waals surface area contributed by atoms with Gasteiger partial charge in [0.15, 0.2) is 11.5 Å². The SMILES string of the molecule is CC(=O)Oc1c2c(c3ccc4c(c3c1OC(C)=O)CCCC4(C)C)O[C@H](C)C2. The first-order chi connectivity index (χ1) is 13.2. The first-order valence-electron chi connectivity index (χ1n) is 9.87. The van der Waals surface area contributed by atoms with Gasteiger partial charge in [-0.25, -0.2) is 0 Å². The number of rotatable bonds is 2. The van der Waals surface area contributed by atoms with E-state index in [9.17, 15) is 9.59 Å². The van der Waals surface area contributed by atoms with Crippen molar-refractivity contribution in [3.8, 4) is 17.2 Å². The van der Waals surface area contributed by atoms with Gasteiger partial charge in [0.1, 0.15) is 11.9 Å². The summed E-state index contributed by atoms with van der Waals surface area (Å²) >= 11 is 0. The van der Waals surface area contributed by atoms with Crippen molar-refractivity contribution in [3.05, 3.63) is 28.8 Å². The maximum Gasteiger partial charge on any atom is 0.308 e. The third-order valence-electron chi connectivity index (χ3n) is 5.80. The predicted molar refractivity (Wildman–Crippen MR) is 106 cm³/mol. The van der Waals surface area contributed by atoms with Gasteiger partial charge in [-0.05, 0) is 42.7 Å². The molecule has 28 heavy (non-hydrogen) atoms. The van der Waals surface area contributed by atoms with E-state index in [0.717, 1.165) is 46.9 Å². The van der Waals surface area contributed by atoms with E-state index in [2.05, 4.69) is 26.0 Å². The fourth-order valence-corrected chi connectivity index (χ4v) is 4.69. The second-order valence-electron chi connectivity index (χ2n) is 8.54. The zero-order chi connectivity index (χ0) is 20.2. The molecule has 0 saturated carbocycles. The van der Waals surface area contributed by atoms with Crippen molar-refractivity contribution in [2.75, 3.05) is 0 Å². The van der Waals surface area contributed by atoms with Crippen LogP contribution in [0.25, 0.3) is 10.8 Å². The molecule has 0 fully saturated rings. The van der Waals surface area contributed by atoms with Crippen LogP contribution in [0, 0.1) is 0 Å². The summed E-state index contributed by atoms with van der Waals surface area (Å²) in [6.45, 7) is 9.19. The third-order valence-corrected chi connectivity index (χ3v) is 5.80. The number of benzene rings is 2. The Balaban J connectivity index is 2.13. The molecule has 1 atom stereocenters. The van der Waals surface area contributed by atoms with E-state index in [4.69, 9.17) is 14.2 Å². The summed E-state index contributed by atoms with van der Waals surface area (Å²) in [5.41, 5.74) is 3.23. The Hall–Kier alpha value is -2.56. The van der Waals surface area contributed by atoms with Crippen LogP contribution in [0.5, 0.6) is 17.2 Å². The van der Waals surface area contributed by atoms with Crippen LogP contribution in [0.3, 0.4) is 0 Å². The molecule has 0 radical (unpaired) electrons. The molecular formula is C23H26O5. The van der Waals surface area contributed by atoms with Crippen LogP contribution in [0.2, 0.25) is 0 Å². The molecular weight excluding hydrogens is 356 g/mol. The van der Waals surface area contributed by atoms with Gasteiger partial charge in [0.25, 0.3) is 0 Å². The monoisotopic (exact) mass is 382 g/mol. The van der Waals surface area contributed by atoms with Gasteiger partial charge in [-0.2, -0.15) is 0 Å². The van der Waals surface area contributed by atoms with Crippen LogP contribution in [-0.4, -0.2) is 18.0 Å². The second-order valence-corrected chi connectivity index (χ2v) is 8.54. The van der Waals surface area contributed by atoms with E-state index in [-0.39, 0.29) is 11.5 Å². The Morgan fingerprint density at radius 2 is 1.75 bits per heavy atom. The molecule has 0 N–H and O–H groups in total. The van der Waals surface area contributed by atoms with Crippen molar-refractivity contribution >= 4 is 22.7 Å². The van der Waals surface area contributed by atoms with E-state index in [1.807, 2.05) is 6.92 Å². The minimum Gasteiger partial charge on any atom is -0.489 e. The van der Waals surface area contributed by atoms with E-state index in [1.165, 1.54) is 19.4 Å². The van der Waals surface area contributed by atoms with Crippen LogP contribution < -0.4 is 14.2 Å². The Morgan fingerprint density at radius 3 is 2.43 bits per heavy atom. The summed E-state index contributed by atoms with van der Waals surface area (Å²) < 4.78 is 17.4. The average molecular weight is 382 g/mol. The van der Waals surface area contributed by atoms with Crippen LogP contribution in [0.1, 0.15) is 64.2 Å². The molecule has 0 spiro atoms. The van der Waals surface area contributed by atoms with Gasteiger partial charge >= 0.3 is 11.9 Å². The molecule has 5 heteroatoms. The van der Waals surface area contributed by atoms with Gasteiger partial charge in [-0.3, -0.25) is 9.59 Å². The molecule has 4 rings (SSSR count). The molecule has 0 saturated heterocycles. The minimum absolute atomic E-state index is 0.0318. The molecule has 1 heterocycles. The van der Waals surface area contributed by atoms with E-state index in [0.29, 0.717) is 17.9 Å². The van der Waals surface area contributed by atoms with Crippen molar-refractivity contribution in [2.45, 2.75) is 71.8 Å². The molecule has 2 aromatic carbocycles. The topological polar surface area (TPSA) is 61.8 Å². The maximum atomic E-state index is 12.0. The van der Waals surface area contributed by atoms with Gasteiger partial charge in [0, 0.05) is 36.6 Å². The van der Waals surface area contributed by atoms with E-state index < -0.39 is 11.9 Å². The second kappa shape index (κ2) is 6.50. The number of hydrogen-bond acceptors (Lipinski definition) is 5. The largest absolute Gasteiger partial charge is 0.489 e. The molecule has 2 aromatic rings. The zero-order valence-electron chi connectivity index (χ0n) is 17.1. The number of aryl methyl sites for hydroxylation is 1. The van der Waals surface area contributed by atoms with Gasteiger partial charge in [-0.15, -0.1) is 0 Å². The lowest BCUT2D eigenvalue weighted by molar-refractivity contribution is -0.134. The lowest BCUT2D eigenvalue weighted by Gasteiger charge is -2.34. The standard InChI is InChI=1S/C23H26O5/c1-12-11-17-20(26-12)16-8-9-18-15(7-6-10-23(18,4)5)19(16)22(28-14(3)25)21(17)27-13(2)24/h8-9,12H,6-7,10-11H2,1-5H3/t12-/m1/s1. The first kappa shape index (κ1) is 18.8. The molecule has 2 aliphatic rings. The van der Waals surface area contributed by atoms with Crippen LogP contribution in [0.15, 0.2) is 12.1 Å². The smallest absolute Gasteiger partial charge is 0.308 e. The lowest BCUT2D eigenvalue weighted by atomic mass is 9.71. The molecule has 1 aliphatic heterocycles. The van der Waals surface area contributed by atoms with E-state index in [1.54, 1.807) is 0 Å². The number of esters is 2. The van der Waals surface area contributed by atoms with Crippen LogP contribution in [-0.2, 0) is 27.8 Å². The fourth-order valence-electron chi connectivity index (χ4n) is 4.69. The third kappa shape index (κ3) is 2.93. The van der Waals surface area contributed by atoms with E-state index >= 15 is 0 Å². The van der Waals surface area contributed by atoms with Gasteiger partial charge in [-0.1, -0.05) is 26.0 Å². The highest BCUT2D eigenvalue weighted by molar-refractivity contribution is 6.02. The molecule has 0 unspecified atom stereocenters. The summed E-state index contributed by atoms with van der Waals surface area (Å²) in [5.74, 6) is 0.532. The highest BCUT2D eigenvalue weighted by Gasteiger charge is 2.35. The van der Waals surface area contributed by atoms with Crippen LogP contribution in [0.4, 0.5) is 0 Å². The fraction of sp³-hybridized carbons (Fsp3) is 0.478. The quantitative estimate of drug-likeness (QED) is 0.560. The summed E-state index contributed by atoms with van der Waals surface area (Å²) in [6.07, 6.45) is 3.61. The summed E-state index contributed by atoms with van der Waals surface area (Å²) in [4.78, 5) is 23.8. The Kier molecular flexibility index (Phi) is 4.36. The van der Waals surface area contributed by atoms with Crippen molar-refractivity contribution in [1.82, 2.24) is 0 Å². The number of carbonyl (C=O) groups is 2. The van der Waals surface area contributed by atoms with Crippen molar-refractivity contribution in [1.29, 1.82) is 0 Å². The van der Waals surface area contributed by atoms with Crippen molar-refractivity contribution < 1.29 is 23.8 Å². The molecule has 1 aliphatic carbocycles. The minimum atomic E-state index is -0.445. The van der Waals surface area contributed by atoms with Crippen molar-refractivity contribution in [2.24, 2.45) is 0 Å². The normalized spacial score (nSPS) is 19.5. The Morgan fingerprint density at radius 1 is 1.07 bits per heavy atom. The van der Waals surface area contributed by atoms with Crippen LogP contribution >= 0.6 is 0 Å². The molecule has 0 aromatic heterocycles. The van der Waals surface area contributed by atoms with Crippen molar-refractivity contribution in [3.63, 3.8) is 0 Å². The number of fused-ring (bicyclic) bond motifs is 5. The van der Waals surface area contributed by atoms with Gasteiger partial charge in [0.2, 0.25) is 0 Å². The highest BCUT2D eigenvalue weighted by Crippen LogP contribution is 2.53. The number of ether oxygens (including phenoxy) is 3. The highest BCUT2D eigenvalue weighted by atomic mass is 16.6. The molecule has 0 bridgehead atoms. The number of hydrogen-bond donors (Lipinski definition) is 0. The Bertz CT molecular complexity index is 1000. The van der Waals surface area contributed by atoms with Gasteiger partial charge < -0.3 is 14.2 Å². The zero-order valence-corrected chi connectivity index (χ0v) is 17.1. The molecule has 5 nitrogen and oxygen atoms in total. The maximum absolute atomic E-state index is 12.0. The molecule has 0 amide bonds. The lowest BCUT2D eigenvalue weighted by Crippen LogP contribution is -2.24. The molecule has 148 valence electrons. The summed E-state index contributed by atoms with van der Waals surface area (Å²) in [6, 6.07) is 4.23. The summed E-state index contributed by atoms with van der Waals surface area (Å²) in [7, 11) is 0. The Labute approximate surface area is 165 Å². The predicted octanol–water partition coefficient (Wildman–Crippen LogP) is 4.63. The number of carbonyl (C=O) groups excluding carboxylic acids is 2.